The number of carbonyl (C=O) groups excluding carboxylic acids is 2. The van der Waals surface area contributed by atoms with E-state index in [4.69, 9.17) is 0 Å². The molecule has 3 aromatic carbocycles. The molecule has 4 aromatic rings. The molecular weight excluding hydrogens is 471 g/mol. The van der Waals surface area contributed by atoms with Crippen LogP contribution in [0, 0.1) is 19.7 Å². The summed E-state index contributed by atoms with van der Waals surface area (Å²) in [6.45, 7) is 5.77. The summed E-state index contributed by atoms with van der Waals surface area (Å²) in [7, 11) is 0. The van der Waals surface area contributed by atoms with Crippen LogP contribution in [0.15, 0.2) is 72.8 Å². The molecule has 0 aliphatic carbocycles. The van der Waals surface area contributed by atoms with Crippen molar-refractivity contribution in [2.24, 2.45) is 0 Å². The summed E-state index contributed by atoms with van der Waals surface area (Å²) in [4.78, 5) is 29.7. The van der Waals surface area contributed by atoms with Gasteiger partial charge in [0.2, 0.25) is 11.7 Å². The number of para-hydroxylation sites is 1. The Bertz CT molecular complexity index is 1370. The number of anilines is 1. The molecule has 1 atom stereocenters. The first-order chi connectivity index (χ1) is 17.9. The van der Waals surface area contributed by atoms with Gasteiger partial charge in [-0.15, -0.1) is 10.2 Å². The number of aryl methyl sites for hydroxylation is 2. The van der Waals surface area contributed by atoms with E-state index < -0.39 is 6.04 Å². The number of rotatable bonds is 9. The highest BCUT2D eigenvalue weighted by Crippen LogP contribution is 2.24. The van der Waals surface area contributed by atoms with Gasteiger partial charge in [0.25, 0.3) is 5.91 Å². The van der Waals surface area contributed by atoms with Crippen LogP contribution in [0.5, 0.6) is 0 Å². The Morgan fingerprint density at radius 3 is 2.38 bits per heavy atom. The van der Waals surface area contributed by atoms with E-state index in [0.29, 0.717) is 17.9 Å². The van der Waals surface area contributed by atoms with Crippen molar-refractivity contribution in [1.82, 2.24) is 25.5 Å². The van der Waals surface area contributed by atoms with Crippen LogP contribution in [0.1, 0.15) is 30.0 Å². The zero-order valence-corrected chi connectivity index (χ0v) is 21.1. The Morgan fingerprint density at radius 2 is 1.70 bits per heavy atom. The highest BCUT2D eigenvalue weighted by Gasteiger charge is 2.31. The van der Waals surface area contributed by atoms with Crippen LogP contribution in [-0.4, -0.2) is 38.1 Å². The van der Waals surface area contributed by atoms with Crippen LogP contribution in [0.3, 0.4) is 0 Å². The molecule has 1 N–H and O–H groups in total. The first-order valence-corrected chi connectivity index (χ1v) is 12.1. The van der Waals surface area contributed by atoms with Crippen molar-refractivity contribution in [1.29, 1.82) is 0 Å². The largest absolute Gasteiger partial charge is 0.350 e. The molecule has 37 heavy (non-hydrogen) atoms. The highest BCUT2D eigenvalue weighted by atomic mass is 19.1. The number of tetrazole rings is 1. The predicted octanol–water partition coefficient (Wildman–Crippen LogP) is 4.22. The molecule has 4 rings (SSSR count). The lowest BCUT2D eigenvalue weighted by molar-refractivity contribution is -0.127. The standard InChI is InChI=1S/C28H29FN6O2/c1-4-24(28(37)30-17-21-11-15-23(29)16-12-21)35(25-8-6-5-7-20(25)3)26(36)18-34-32-27(31-33-34)22-13-9-19(2)10-14-22/h5-16,24H,4,17-18H2,1-3H3,(H,30,37)/t24-/m1/s1. The topological polar surface area (TPSA) is 93.0 Å². The van der Waals surface area contributed by atoms with Gasteiger partial charge in [0, 0.05) is 17.8 Å². The van der Waals surface area contributed by atoms with Gasteiger partial charge >= 0.3 is 0 Å². The third-order valence-corrected chi connectivity index (χ3v) is 6.06. The highest BCUT2D eigenvalue weighted by molar-refractivity contribution is 6.01. The van der Waals surface area contributed by atoms with Gasteiger partial charge in [-0.05, 0) is 54.8 Å². The maximum Gasteiger partial charge on any atom is 0.251 e. The number of nitrogens with zero attached hydrogens (tertiary/aromatic N) is 5. The minimum absolute atomic E-state index is 0.186. The number of amides is 2. The predicted molar refractivity (Wildman–Crippen MR) is 139 cm³/mol. The summed E-state index contributed by atoms with van der Waals surface area (Å²) in [5.41, 5.74) is 4.16. The molecule has 0 saturated carbocycles. The fourth-order valence-electron chi connectivity index (χ4n) is 4.03. The van der Waals surface area contributed by atoms with E-state index in [2.05, 4.69) is 20.7 Å². The maximum absolute atomic E-state index is 13.6. The summed E-state index contributed by atoms with van der Waals surface area (Å²) in [5, 5.41) is 15.4. The molecule has 1 heterocycles. The molecule has 9 heteroatoms. The van der Waals surface area contributed by atoms with Crippen LogP contribution in [-0.2, 0) is 22.7 Å². The van der Waals surface area contributed by atoms with Gasteiger partial charge in [-0.25, -0.2) is 4.39 Å². The Balaban J connectivity index is 1.56. The molecule has 0 radical (unpaired) electrons. The van der Waals surface area contributed by atoms with E-state index in [0.717, 1.165) is 22.3 Å². The van der Waals surface area contributed by atoms with Crippen molar-refractivity contribution in [3.05, 3.63) is 95.3 Å². The Morgan fingerprint density at radius 1 is 1.00 bits per heavy atom. The van der Waals surface area contributed by atoms with E-state index >= 15 is 0 Å². The maximum atomic E-state index is 13.6. The van der Waals surface area contributed by atoms with Gasteiger partial charge < -0.3 is 5.32 Å². The Labute approximate surface area is 215 Å². The normalized spacial score (nSPS) is 11.7. The summed E-state index contributed by atoms with van der Waals surface area (Å²) >= 11 is 0. The van der Waals surface area contributed by atoms with E-state index in [1.54, 1.807) is 12.1 Å². The van der Waals surface area contributed by atoms with Crippen molar-refractivity contribution in [3.8, 4) is 11.4 Å². The van der Waals surface area contributed by atoms with Crippen LogP contribution >= 0.6 is 0 Å². The van der Waals surface area contributed by atoms with Crippen molar-refractivity contribution in [2.45, 2.75) is 46.3 Å². The third kappa shape index (κ3) is 6.24. The van der Waals surface area contributed by atoms with Gasteiger partial charge in [-0.3, -0.25) is 14.5 Å². The zero-order valence-electron chi connectivity index (χ0n) is 21.1. The first kappa shape index (κ1) is 25.7. The number of nitrogens with one attached hydrogen (secondary N) is 1. The summed E-state index contributed by atoms with van der Waals surface area (Å²) in [5.74, 6) is -0.578. The van der Waals surface area contributed by atoms with Crippen molar-refractivity contribution >= 4 is 17.5 Å². The lowest BCUT2D eigenvalue weighted by atomic mass is 10.1. The van der Waals surface area contributed by atoms with Gasteiger partial charge in [-0.2, -0.15) is 4.80 Å². The van der Waals surface area contributed by atoms with Gasteiger partial charge in [0.1, 0.15) is 18.4 Å². The molecule has 190 valence electrons. The zero-order chi connectivity index (χ0) is 26.4. The lowest BCUT2D eigenvalue weighted by Crippen LogP contribution is -2.51. The summed E-state index contributed by atoms with van der Waals surface area (Å²) in [6, 6.07) is 20.3. The fourth-order valence-corrected chi connectivity index (χ4v) is 4.03. The lowest BCUT2D eigenvalue weighted by Gasteiger charge is -2.31. The number of carbonyl (C=O) groups is 2. The van der Waals surface area contributed by atoms with Gasteiger partial charge in [0.05, 0.1) is 0 Å². The van der Waals surface area contributed by atoms with Crippen molar-refractivity contribution < 1.29 is 14.0 Å². The average Bonchev–Trinajstić information content (AvgIpc) is 3.36. The minimum Gasteiger partial charge on any atom is -0.350 e. The SMILES string of the molecule is CC[C@H](C(=O)NCc1ccc(F)cc1)N(C(=O)Cn1nnc(-c2ccc(C)cc2)n1)c1ccccc1C. The number of aromatic nitrogens is 4. The molecule has 1 aromatic heterocycles. The van der Waals surface area contributed by atoms with Crippen LogP contribution in [0.2, 0.25) is 0 Å². The van der Waals surface area contributed by atoms with Crippen LogP contribution in [0.25, 0.3) is 11.4 Å². The Kier molecular flexibility index (Phi) is 8.02. The van der Waals surface area contributed by atoms with E-state index in [9.17, 15) is 14.0 Å². The van der Waals surface area contributed by atoms with E-state index in [1.807, 2.05) is 69.3 Å². The van der Waals surface area contributed by atoms with Crippen molar-refractivity contribution in [2.75, 3.05) is 4.90 Å². The molecule has 0 spiro atoms. The molecular formula is C28H29FN6O2. The van der Waals surface area contributed by atoms with Crippen LogP contribution < -0.4 is 10.2 Å². The summed E-state index contributed by atoms with van der Waals surface area (Å²) in [6.07, 6.45) is 0.384. The molecule has 8 nitrogen and oxygen atoms in total. The van der Waals surface area contributed by atoms with E-state index in [1.165, 1.54) is 21.8 Å². The average molecular weight is 501 g/mol. The quantitative estimate of drug-likeness (QED) is 0.371. The van der Waals surface area contributed by atoms with Gasteiger partial charge in [-0.1, -0.05) is 67.1 Å². The number of halogens is 1. The Hall–Kier alpha value is -4.40. The first-order valence-electron chi connectivity index (χ1n) is 12.1. The second kappa shape index (κ2) is 11.6. The smallest absolute Gasteiger partial charge is 0.251 e. The fraction of sp³-hybridized carbons (Fsp3) is 0.250. The van der Waals surface area contributed by atoms with Crippen molar-refractivity contribution in [3.63, 3.8) is 0 Å². The monoisotopic (exact) mass is 500 g/mol. The second-order valence-electron chi connectivity index (χ2n) is 8.83. The number of benzene rings is 3. The minimum atomic E-state index is -0.769. The molecule has 0 aliphatic heterocycles. The number of hydrogen-bond acceptors (Lipinski definition) is 5. The second-order valence-corrected chi connectivity index (χ2v) is 8.83. The molecule has 2 amide bonds. The summed E-state index contributed by atoms with van der Waals surface area (Å²) < 4.78 is 13.2. The number of hydrogen-bond donors (Lipinski definition) is 1. The molecule has 0 bridgehead atoms. The third-order valence-electron chi connectivity index (χ3n) is 6.06. The molecule has 0 aliphatic rings. The van der Waals surface area contributed by atoms with E-state index in [-0.39, 0.29) is 30.7 Å². The molecule has 0 saturated heterocycles. The molecule has 0 fully saturated rings. The van der Waals surface area contributed by atoms with Crippen LogP contribution in [0.4, 0.5) is 10.1 Å². The van der Waals surface area contributed by atoms with Gasteiger partial charge in [0.15, 0.2) is 0 Å². The molecule has 0 unspecified atom stereocenters.